The zero-order chi connectivity index (χ0) is 21.7. The number of phenolic OH excluding ortho intramolecular Hbond substituents is 1. The summed E-state index contributed by atoms with van der Waals surface area (Å²) in [4.78, 5) is 26.8. The summed E-state index contributed by atoms with van der Waals surface area (Å²) in [6.45, 7) is 5.89. The summed E-state index contributed by atoms with van der Waals surface area (Å²) in [5, 5.41) is 12.6. The first kappa shape index (κ1) is 22.2. The van der Waals surface area contributed by atoms with E-state index in [2.05, 4.69) is 19.2 Å². The summed E-state index contributed by atoms with van der Waals surface area (Å²) in [5.74, 6) is 1.52. The van der Waals surface area contributed by atoms with Gasteiger partial charge in [-0.1, -0.05) is 19.9 Å². The molecule has 30 heavy (non-hydrogen) atoms. The maximum Gasteiger partial charge on any atom is 0.410 e. The fourth-order valence-electron chi connectivity index (χ4n) is 4.68. The molecule has 0 spiro atoms. The van der Waals surface area contributed by atoms with E-state index in [9.17, 15) is 14.7 Å². The van der Waals surface area contributed by atoms with Crippen molar-refractivity contribution in [2.45, 2.75) is 58.6 Å². The minimum absolute atomic E-state index is 0.00927. The predicted molar refractivity (Wildman–Crippen MR) is 113 cm³/mol. The average Bonchev–Trinajstić information content (AvgIpc) is 2.72. The molecule has 3 rings (SSSR count). The van der Waals surface area contributed by atoms with Crippen molar-refractivity contribution >= 4 is 12.0 Å². The molecule has 3 atom stereocenters. The second kappa shape index (κ2) is 10.0. The van der Waals surface area contributed by atoms with Gasteiger partial charge in [0, 0.05) is 25.6 Å². The van der Waals surface area contributed by atoms with E-state index in [1.165, 1.54) is 13.5 Å². The number of rotatable bonds is 5. The number of carbonyl (C=O) groups is 2. The molecule has 166 valence electrons. The molecular weight excluding hydrogens is 384 g/mol. The van der Waals surface area contributed by atoms with Crippen LogP contribution in [0.15, 0.2) is 18.2 Å². The van der Waals surface area contributed by atoms with Crippen molar-refractivity contribution in [1.29, 1.82) is 0 Å². The van der Waals surface area contributed by atoms with Gasteiger partial charge >= 0.3 is 6.09 Å². The van der Waals surface area contributed by atoms with Gasteiger partial charge in [-0.25, -0.2) is 4.79 Å². The third-order valence-electron chi connectivity index (χ3n) is 6.24. The molecule has 2 aliphatic rings. The maximum atomic E-state index is 12.5. The van der Waals surface area contributed by atoms with Crippen LogP contribution in [0.4, 0.5) is 4.79 Å². The molecule has 1 saturated carbocycles. The molecule has 1 aromatic rings. The number of likely N-dealkylation sites (tertiary alicyclic amines) is 1. The van der Waals surface area contributed by atoms with E-state index in [1.807, 2.05) is 0 Å². The van der Waals surface area contributed by atoms with Gasteiger partial charge in [0.2, 0.25) is 5.91 Å². The topological polar surface area (TPSA) is 88.1 Å². The van der Waals surface area contributed by atoms with Crippen molar-refractivity contribution in [2.75, 3.05) is 20.2 Å². The van der Waals surface area contributed by atoms with Crippen LogP contribution in [0.25, 0.3) is 0 Å². The van der Waals surface area contributed by atoms with Crippen LogP contribution in [0, 0.1) is 17.8 Å². The molecule has 1 saturated heterocycles. The largest absolute Gasteiger partial charge is 0.504 e. The Bertz CT molecular complexity index is 735. The molecule has 0 bridgehead atoms. The van der Waals surface area contributed by atoms with E-state index in [4.69, 9.17) is 9.47 Å². The summed E-state index contributed by atoms with van der Waals surface area (Å²) in [7, 11) is 1.49. The number of benzene rings is 1. The van der Waals surface area contributed by atoms with Crippen LogP contribution in [0.2, 0.25) is 0 Å². The average molecular weight is 419 g/mol. The van der Waals surface area contributed by atoms with E-state index < -0.39 is 0 Å². The Morgan fingerprint density at radius 1 is 1.13 bits per heavy atom. The monoisotopic (exact) mass is 418 g/mol. The second-order valence-corrected chi connectivity index (χ2v) is 8.91. The number of aromatic hydroxyl groups is 1. The van der Waals surface area contributed by atoms with Crippen molar-refractivity contribution in [1.82, 2.24) is 10.2 Å². The van der Waals surface area contributed by atoms with Gasteiger partial charge in [-0.2, -0.15) is 0 Å². The summed E-state index contributed by atoms with van der Waals surface area (Å²) < 4.78 is 10.9. The van der Waals surface area contributed by atoms with E-state index >= 15 is 0 Å². The molecular formula is C23H34N2O5. The van der Waals surface area contributed by atoms with E-state index in [0.717, 1.165) is 18.4 Å². The quantitative estimate of drug-likeness (QED) is 0.761. The molecule has 2 fully saturated rings. The SMILES string of the molecule is COc1cc(CNC(=O)C2CCN(C(=O)O[C@@H]3C[C@H](C)C[C@H](C)C3)CC2)ccc1O. The number of phenols is 1. The van der Waals surface area contributed by atoms with Crippen LogP contribution in [-0.4, -0.2) is 48.3 Å². The summed E-state index contributed by atoms with van der Waals surface area (Å²) in [6, 6.07) is 5.02. The van der Waals surface area contributed by atoms with Crippen LogP contribution in [0.5, 0.6) is 11.5 Å². The number of nitrogens with zero attached hydrogens (tertiary/aromatic N) is 1. The Balaban J connectivity index is 1.42. The van der Waals surface area contributed by atoms with E-state index in [0.29, 0.717) is 50.1 Å². The smallest absolute Gasteiger partial charge is 0.410 e. The summed E-state index contributed by atoms with van der Waals surface area (Å²) in [6.07, 6.45) is 4.13. The summed E-state index contributed by atoms with van der Waals surface area (Å²) in [5.41, 5.74) is 0.856. The molecule has 7 nitrogen and oxygen atoms in total. The molecule has 1 aliphatic heterocycles. The van der Waals surface area contributed by atoms with Crippen molar-refractivity contribution < 1.29 is 24.2 Å². The molecule has 1 aliphatic carbocycles. The predicted octanol–water partition coefficient (Wildman–Crippen LogP) is 3.69. The molecule has 1 heterocycles. The van der Waals surface area contributed by atoms with Crippen LogP contribution in [-0.2, 0) is 16.1 Å². The van der Waals surface area contributed by atoms with Crippen molar-refractivity contribution in [3.63, 3.8) is 0 Å². The number of hydrogen-bond donors (Lipinski definition) is 2. The highest BCUT2D eigenvalue weighted by molar-refractivity contribution is 5.79. The van der Waals surface area contributed by atoms with Crippen molar-refractivity contribution in [3.8, 4) is 11.5 Å². The molecule has 0 aromatic heterocycles. The first-order chi connectivity index (χ1) is 14.4. The Morgan fingerprint density at radius 2 is 1.80 bits per heavy atom. The van der Waals surface area contributed by atoms with Crippen molar-refractivity contribution in [2.24, 2.45) is 17.8 Å². The molecule has 0 unspecified atom stereocenters. The van der Waals surface area contributed by atoms with Gasteiger partial charge in [-0.3, -0.25) is 4.79 Å². The molecule has 1 aromatic carbocycles. The fraction of sp³-hybridized carbons (Fsp3) is 0.652. The Kier molecular flexibility index (Phi) is 7.45. The third-order valence-corrected chi connectivity index (χ3v) is 6.24. The molecule has 7 heteroatoms. The number of carbonyl (C=O) groups excluding carboxylic acids is 2. The number of ether oxygens (including phenoxy) is 2. The van der Waals surface area contributed by atoms with Crippen molar-refractivity contribution in [3.05, 3.63) is 23.8 Å². The zero-order valence-corrected chi connectivity index (χ0v) is 18.2. The van der Waals surface area contributed by atoms with Gasteiger partial charge in [0.05, 0.1) is 7.11 Å². The van der Waals surface area contributed by atoms with Gasteiger partial charge in [-0.05, 0) is 61.6 Å². The first-order valence-corrected chi connectivity index (χ1v) is 10.9. The lowest BCUT2D eigenvalue weighted by molar-refractivity contribution is -0.126. The zero-order valence-electron chi connectivity index (χ0n) is 18.2. The number of hydrogen-bond acceptors (Lipinski definition) is 5. The fourth-order valence-corrected chi connectivity index (χ4v) is 4.68. The van der Waals surface area contributed by atoms with Gasteiger partial charge < -0.3 is 24.8 Å². The van der Waals surface area contributed by atoms with Crippen LogP contribution < -0.4 is 10.1 Å². The number of methoxy groups -OCH3 is 1. The minimum atomic E-state index is -0.239. The maximum absolute atomic E-state index is 12.5. The highest BCUT2D eigenvalue weighted by Gasteiger charge is 2.31. The molecule has 2 N–H and O–H groups in total. The molecule has 2 amide bonds. The van der Waals surface area contributed by atoms with Gasteiger partial charge in [0.25, 0.3) is 0 Å². The lowest BCUT2D eigenvalue weighted by Crippen LogP contribution is -2.44. The van der Waals surface area contributed by atoms with Crippen LogP contribution >= 0.6 is 0 Å². The normalized spacial score (nSPS) is 24.9. The molecule has 0 radical (unpaired) electrons. The number of amides is 2. The Morgan fingerprint density at radius 3 is 2.43 bits per heavy atom. The highest BCUT2D eigenvalue weighted by Crippen LogP contribution is 2.31. The third kappa shape index (κ3) is 5.80. The first-order valence-electron chi connectivity index (χ1n) is 10.9. The summed E-state index contributed by atoms with van der Waals surface area (Å²) >= 11 is 0. The van der Waals surface area contributed by atoms with E-state index in [-0.39, 0.29) is 29.8 Å². The highest BCUT2D eigenvalue weighted by atomic mass is 16.6. The Hall–Kier alpha value is -2.44. The lowest BCUT2D eigenvalue weighted by atomic mass is 9.82. The standard InChI is InChI=1S/C23H34N2O5/c1-15-10-16(2)12-19(11-15)30-23(28)25-8-6-18(7-9-25)22(27)24-14-17-4-5-20(26)21(13-17)29-3/h4-5,13,15-16,18-19,26H,6-12,14H2,1-3H3,(H,24,27)/t15-,16+,19-. The van der Waals surface area contributed by atoms with Gasteiger partial charge in [-0.15, -0.1) is 0 Å². The number of nitrogens with one attached hydrogen (secondary N) is 1. The van der Waals surface area contributed by atoms with Gasteiger partial charge in [0.15, 0.2) is 11.5 Å². The van der Waals surface area contributed by atoms with Crippen LogP contribution in [0.3, 0.4) is 0 Å². The minimum Gasteiger partial charge on any atom is -0.504 e. The van der Waals surface area contributed by atoms with E-state index in [1.54, 1.807) is 23.1 Å². The second-order valence-electron chi connectivity index (χ2n) is 8.91. The Labute approximate surface area is 178 Å². The lowest BCUT2D eigenvalue weighted by Gasteiger charge is -2.35. The van der Waals surface area contributed by atoms with Gasteiger partial charge in [0.1, 0.15) is 6.10 Å². The van der Waals surface area contributed by atoms with Crippen LogP contribution in [0.1, 0.15) is 51.5 Å². The number of piperidine rings is 1.